The van der Waals surface area contributed by atoms with Crippen LogP contribution in [-0.2, 0) is 6.54 Å². The zero-order chi connectivity index (χ0) is 12.9. The van der Waals surface area contributed by atoms with Crippen molar-refractivity contribution in [3.8, 4) is 0 Å². The highest BCUT2D eigenvalue weighted by atomic mass is 15.1. The molecule has 1 aromatic carbocycles. The quantitative estimate of drug-likeness (QED) is 0.838. The molecule has 0 saturated heterocycles. The lowest BCUT2D eigenvalue weighted by molar-refractivity contribution is 0.578. The highest BCUT2D eigenvalue weighted by molar-refractivity contribution is 5.80. The van der Waals surface area contributed by atoms with Crippen LogP contribution in [0.2, 0.25) is 0 Å². The van der Waals surface area contributed by atoms with Gasteiger partial charge in [-0.25, -0.2) is 4.98 Å². The Balaban J connectivity index is 2.16. The van der Waals surface area contributed by atoms with Crippen molar-refractivity contribution in [2.24, 2.45) is 5.41 Å². The van der Waals surface area contributed by atoms with Crippen LogP contribution in [0, 0.1) is 5.41 Å². The number of aromatic nitrogens is 2. The Labute approximate surface area is 108 Å². The molecule has 1 aliphatic rings. The Bertz CT molecular complexity index is 595. The van der Waals surface area contributed by atoms with Crippen LogP contribution in [0.25, 0.3) is 11.0 Å². The van der Waals surface area contributed by atoms with Crippen molar-refractivity contribution in [3.63, 3.8) is 0 Å². The molecule has 3 nitrogen and oxygen atoms in total. The number of nitrogen functional groups attached to an aromatic ring is 1. The monoisotopic (exact) mass is 243 g/mol. The van der Waals surface area contributed by atoms with Gasteiger partial charge in [-0.1, -0.05) is 20.8 Å². The van der Waals surface area contributed by atoms with Gasteiger partial charge in [0.1, 0.15) is 5.82 Å². The Morgan fingerprint density at radius 3 is 2.78 bits per heavy atom. The van der Waals surface area contributed by atoms with E-state index in [1.807, 2.05) is 12.1 Å². The SMILES string of the molecule is CCCn1c(C2CC2(C)C)nc2ccc(N)cc21. The second-order valence-electron chi connectivity index (χ2n) is 6.12. The predicted octanol–water partition coefficient (Wildman–Crippen LogP) is 3.54. The fourth-order valence-electron chi connectivity index (χ4n) is 2.79. The van der Waals surface area contributed by atoms with E-state index < -0.39 is 0 Å². The second kappa shape index (κ2) is 3.74. The highest BCUT2D eigenvalue weighted by Gasteiger charge is 2.49. The lowest BCUT2D eigenvalue weighted by atomic mass is 10.1. The highest BCUT2D eigenvalue weighted by Crippen LogP contribution is 2.58. The van der Waals surface area contributed by atoms with Gasteiger partial charge in [-0.3, -0.25) is 0 Å². The third-order valence-corrected chi connectivity index (χ3v) is 4.07. The maximum atomic E-state index is 5.90. The lowest BCUT2D eigenvalue weighted by Crippen LogP contribution is -2.04. The Morgan fingerprint density at radius 2 is 2.17 bits per heavy atom. The van der Waals surface area contributed by atoms with Crippen LogP contribution in [0.15, 0.2) is 18.2 Å². The lowest BCUT2D eigenvalue weighted by Gasteiger charge is -2.09. The van der Waals surface area contributed by atoms with Crippen molar-refractivity contribution in [2.45, 2.75) is 46.1 Å². The van der Waals surface area contributed by atoms with Gasteiger partial charge in [0.15, 0.2) is 0 Å². The molecule has 1 fully saturated rings. The summed E-state index contributed by atoms with van der Waals surface area (Å²) in [5, 5.41) is 0. The van der Waals surface area contributed by atoms with E-state index in [-0.39, 0.29) is 0 Å². The van der Waals surface area contributed by atoms with Gasteiger partial charge in [-0.15, -0.1) is 0 Å². The van der Waals surface area contributed by atoms with Crippen LogP contribution in [0.4, 0.5) is 5.69 Å². The van der Waals surface area contributed by atoms with E-state index in [4.69, 9.17) is 10.7 Å². The van der Waals surface area contributed by atoms with Gasteiger partial charge < -0.3 is 10.3 Å². The minimum absolute atomic E-state index is 0.415. The third-order valence-electron chi connectivity index (χ3n) is 4.07. The first-order chi connectivity index (χ1) is 8.53. The van der Waals surface area contributed by atoms with Gasteiger partial charge in [0.05, 0.1) is 11.0 Å². The van der Waals surface area contributed by atoms with Crippen LogP contribution < -0.4 is 5.73 Å². The Kier molecular flexibility index (Phi) is 2.40. The maximum Gasteiger partial charge on any atom is 0.113 e. The van der Waals surface area contributed by atoms with Gasteiger partial charge >= 0.3 is 0 Å². The second-order valence-corrected chi connectivity index (χ2v) is 6.12. The molecule has 3 rings (SSSR count). The summed E-state index contributed by atoms with van der Waals surface area (Å²) in [6, 6.07) is 6.03. The van der Waals surface area contributed by atoms with E-state index in [9.17, 15) is 0 Å². The fraction of sp³-hybridized carbons (Fsp3) is 0.533. The number of aryl methyl sites for hydroxylation is 1. The van der Waals surface area contributed by atoms with Crippen LogP contribution in [0.1, 0.15) is 45.4 Å². The number of nitrogens with zero attached hydrogens (tertiary/aromatic N) is 2. The summed E-state index contributed by atoms with van der Waals surface area (Å²) < 4.78 is 2.37. The van der Waals surface area contributed by atoms with Gasteiger partial charge in [0.2, 0.25) is 0 Å². The molecule has 0 bridgehead atoms. The standard InChI is InChI=1S/C15H21N3/c1-4-7-18-13-8-10(16)5-6-12(13)17-14(18)11-9-15(11,2)3/h5-6,8,11H,4,7,9,16H2,1-3H3. The molecule has 0 radical (unpaired) electrons. The molecule has 1 saturated carbocycles. The first-order valence-corrected chi connectivity index (χ1v) is 6.78. The van der Waals surface area contributed by atoms with Crippen LogP contribution >= 0.6 is 0 Å². The average molecular weight is 243 g/mol. The number of anilines is 1. The zero-order valence-electron chi connectivity index (χ0n) is 11.4. The molecule has 0 spiro atoms. The maximum absolute atomic E-state index is 5.90. The largest absolute Gasteiger partial charge is 0.399 e. The molecule has 1 aromatic heterocycles. The molecule has 1 atom stereocenters. The molecule has 96 valence electrons. The summed E-state index contributed by atoms with van der Waals surface area (Å²) in [6.07, 6.45) is 2.37. The van der Waals surface area contributed by atoms with Gasteiger partial charge in [0, 0.05) is 18.2 Å². The molecule has 0 amide bonds. The molecule has 2 aromatic rings. The zero-order valence-corrected chi connectivity index (χ0v) is 11.4. The van der Waals surface area contributed by atoms with E-state index in [1.54, 1.807) is 0 Å². The van der Waals surface area contributed by atoms with Crippen molar-refractivity contribution in [2.75, 3.05) is 5.73 Å². The molecule has 1 unspecified atom stereocenters. The topological polar surface area (TPSA) is 43.8 Å². The van der Waals surface area contributed by atoms with Crippen molar-refractivity contribution in [1.82, 2.24) is 9.55 Å². The Morgan fingerprint density at radius 1 is 1.44 bits per heavy atom. The van der Waals surface area contributed by atoms with Crippen molar-refractivity contribution >= 4 is 16.7 Å². The molecule has 1 aliphatic carbocycles. The smallest absolute Gasteiger partial charge is 0.113 e. The van der Waals surface area contributed by atoms with Gasteiger partial charge in [-0.05, 0) is 36.5 Å². The number of fused-ring (bicyclic) bond motifs is 1. The van der Waals surface area contributed by atoms with Crippen LogP contribution in [0.5, 0.6) is 0 Å². The predicted molar refractivity (Wildman–Crippen MR) is 75.6 cm³/mol. The average Bonchev–Trinajstić information content (AvgIpc) is 2.80. The molecule has 3 heteroatoms. The molecule has 0 aliphatic heterocycles. The number of benzene rings is 1. The minimum atomic E-state index is 0.415. The number of imidazole rings is 1. The summed E-state index contributed by atoms with van der Waals surface area (Å²) in [5.74, 6) is 1.86. The number of nitrogens with two attached hydrogens (primary N) is 1. The van der Waals surface area contributed by atoms with Crippen LogP contribution in [-0.4, -0.2) is 9.55 Å². The summed E-state index contributed by atoms with van der Waals surface area (Å²) in [4.78, 5) is 4.84. The van der Waals surface area contributed by atoms with Crippen molar-refractivity contribution < 1.29 is 0 Å². The van der Waals surface area contributed by atoms with E-state index in [1.165, 1.54) is 17.8 Å². The first kappa shape index (κ1) is 11.6. The molecule has 2 N–H and O–H groups in total. The van der Waals surface area contributed by atoms with E-state index in [0.717, 1.165) is 24.2 Å². The molecule has 1 heterocycles. The van der Waals surface area contributed by atoms with Gasteiger partial charge in [-0.2, -0.15) is 0 Å². The summed E-state index contributed by atoms with van der Waals surface area (Å²) in [5.41, 5.74) is 9.41. The third kappa shape index (κ3) is 1.69. The van der Waals surface area contributed by atoms with Crippen LogP contribution in [0.3, 0.4) is 0 Å². The molecular weight excluding hydrogens is 222 g/mol. The van der Waals surface area contributed by atoms with E-state index in [2.05, 4.69) is 31.4 Å². The summed E-state index contributed by atoms with van der Waals surface area (Å²) >= 11 is 0. The number of hydrogen-bond acceptors (Lipinski definition) is 2. The fourth-order valence-corrected chi connectivity index (χ4v) is 2.79. The summed E-state index contributed by atoms with van der Waals surface area (Å²) in [7, 11) is 0. The normalized spacial score (nSPS) is 21.4. The van der Waals surface area contributed by atoms with Crippen molar-refractivity contribution in [1.29, 1.82) is 0 Å². The van der Waals surface area contributed by atoms with Gasteiger partial charge in [0.25, 0.3) is 0 Å². The molecular formula is C15H21N3. The van der Waals surface area contributed by atoms with E-state index in [0.29, 0.717) is 11.3 Å². The Hall–Kier alpha value is -1.51. The van der Waals surface area contributed by atoms with E-state index >= 15 is 0 Å². The number of hydrogen-bond donors (Lipinski definition) is 1. The summed E-state index contributed by atoms with van der Waals surface area (Å²) in [6.45, 7) is 7.88. The first-order valence-electron chi connectivity index (χ1n) is 6.78. The minimum Gasteiger partial charge on any atom is -0.399 e. The number of rotatable bonds is 3. The van der Waals surface area contributed by atoms with Crippen molar-refractivity contribution in [3.05, 3.63) is 24.0 Å². The molecule has 18 heavy (non-hydrogen) atoms.